The van der Waals surface area contributed by atoms with Crippen molar-refractivity contribution < 1.29 is 4.92 Å². The topological polar surface area (TPSA) is 68.1 Å². The molecular formula is C10H14ClN3O2S. The molecule has 0 amide bonds. The molecule has 0 spiro atoms. The Morgan fingerprint density at radius 2 is 2.41 bits per heavy atom. The summed E-state index contributed by atoms with van der Waals surface area (Å²) in [5, 5.41) is 13.8. The van der Waals surface area contributed by atoms with E-state index in [0.717, 1.165) is 24.5 Å². The van der Waals surface area contributed by atoms with Crippen LogP contribution >= 0.6 is 23.4 Å². The molecule has 0 atom stereocenters. The first-order chi connectivity index (χ1) is 8.15. The van der Waals surface area contributed by atoms with E-state index in [9.17, 15) is 10.1 Å². The van der Waals surface area contributed by atoms with Gasteiger partial charge in [0.05, 0.1) is 9.95 Å². The Balaban J connectivity index is 2.46. The van der Waals surface area contributed by atoms with Crippen LogP contribution < -0.4 is 5.32 Å². The predicted molar refractivity (Wildman–Crippen MR) is 72.0 cm³/mol. The molecule has 1 heterocycles. The highest BCUT2D eigenvalue weighted by Crippen LogP contribution is 2.23. The van der Waals surface area contributed by atoms with E-state index in [1.807, 2.05) is 11.8 Å². The molecule has 7 heteroatoms. The molecule has 1 rings (SSSR count). The van der Waals surface area contributed by atoms with E-state index in [2.05, 4.69) is 17.2 Å². The first-order valence-electron chi connectivity index (χ1n) is 5.26. The van der Waals surface area contributed by atoms with E-state index in [1.165, 1.54) is 12.3 Å². The van der Waals surface area contributed by atoms with Gasteiger partial charge in [0, 0.05) is 12.6 Å². The van der Waals surface area contributed by atoms with Crippen LogP contribution in [-0.2, 0) is 0 Å². The van der Waals surface area contributed by atoms with Crippen LogP contribution in [0.25, 0.3) is 0 Å². The van der Waals surface area contributed by atoms with Crippen LogP contribution in [0, 0.1) is 10.1 Å². The Labute approximate surface area is 109 Å². The molecule has 94 valence electrons. The lowest BCUT2D eigenvalue weighted by Crippen LogP contribution is -2.05. The Hall–Kier alpha value is -1.01. The minimum absolute atomic E-state index is 0.0953. The van der Waals surface area contributed by atoms with Crippen LogP contribution in [0.2, 0.25) is 5.02 Å². The van der Waals surface area contributed by atoms with Crippen LogP contribution in [-0.4, -0.2) is 28.0 Å². The number of hydrogen-bond acceptors (Lipinski definition) is 5. The number of thioether (sulfide) groups is 1. The molecule has 17 heavy (non-hydrogen) atoms. The summed E-state index contributed by atoms with van der Waals surface area (Å²) in [5.74, 6) is 2.68. The SMILES string of the molecule is CCSCCCNc1ncc([N+](=O)[O-])cc1Cl. The van der Waals surface area contributed by atoms with E-state index in [1.54, 1.807) is 0 Å². The summed E-state index contributed by atoms with van der Waals surface area (Å²) in [4.78, 5) is 13.9. The maximum absolute atomic E-state index is 10.5. The Bertz CT molecular complexity index is 390. The van der Waals surface area contributed by atoms with Gasteiger partial charge in [0.25, 0.3) is 5.69 Å². The minimum Gasteiger partial charge on any atom is -0.369 e. The van der Waals surface area contributed by atoms with Gasteiger partial charge in [-0.2, -0.15) is 11.8 Å². The van der Waals surface area contributed by atoms with Crippen LogP contribution in [0.3, 0.4) is 0 Å². The number of pyridine rings is 1. The number of anilines is 1. The van der Waals surface area contributed by atoms with Gasteiger partial charge in [-0.25, -0.2) is 4.98 Å². The third-order valence-electron chi connectivity index (χ3n) is 2.00. The van der Waals surface area contributed by atoms with Crippen molar-refractivity contribution in [2.45, 2.75) is 13.3 Å². The maximum atomic E-state index is 10.5. The molecule has 0 aliphatic rings. The van der Waals surface area contributed by atoms with Crippen LogP contribution in [0.4, 0.5) is 11.5 Å². The van der Waals surface area contributed by atoms with Crippen LogP contribution in [0.1, 0.15) is 13.3 Å². The number of nitro groups is 1. The number of aromatic nitrogens is 1. The van der Waals surface area contributed by atoms with E-state index >= 15 is 0 Å². The molecule has 0 saturated carbocycles. The van der Waals surface area contributed by atoms with Crippen LogP contribution in [0.5, 0.6) is 0 Å². The number of nitrogens with zero attached hydrogens (tertiary/aromatic N) is 2. The first-order valence-corrected chi connectivity index (χ1v) is 6.80. The molecule has 0 radical (unpaired) electrons. The lowest BCUT2D eigenvalue weighted by atomic mass is 10.4. The Morgan fingerprint density at radius 3 is 3.00 bits per heavy atom. The lowest BCUT2D eigenvalue weighted by molar-refractivity contribution is -0.385. The van der Waals surface area contributed by atoms with E-state index in [-0.39, 0.29) is 10.7 Å². The molecule has 5 nitrogen and oxygen atoms in total. The molecule has 0 aliphatic carbocycles. The zero-order valence-electron chi connectivity index (χ0n) is 9.48. The molecular weight excluding hydrogens is 262 g/mol. The van der Waals surface area contributed by atoms with Crippen molar-refractivity contribution in [1.82, 2.24) is 4.98 Å². The van der Waals surface area contributed by atoms with Crippen LogP contribution in [0.15, 0.2) is 12.3 Å². The van der Waals surface area contributed by atoms with E-state index in [4.69, 9.17) is 11.6 Å². The molecule has 1 N–H and O–H groups in total. The summed E-state index contributed by atoms with van der Waals surface area (Å²) in [6, 6.07) is 1.30. The fourth-order valence-electron chi connectivity index (χ4n) is 1.18. The largest absolute Gasteiger partial charge is 0.369 e. The fourth-order valence-corrected chi connectivity index (χ4v) is 2.05. The van der Waals surface area contributed by atoms with Gasteiger partial charge < -0.3 is 5.32 Å². The minimum atomic E-state index is -0.513. The summed E-state index contributed by atoms with van der Waals surface area (Å²) in [5.41, 5.74) is -0.0953. The zero-order valence-corrected chi connectivity index (χ0v) is 11.1. The summed E-state index contributed by atoms with van der Waals surface area (Å²) >= 11 is 7.75. The molecule has 1 aromatic rings. The summed E-state index contributed by atoms with van der Waals surface area (Å²) in [7, 11) is 0. The number of nitrogens with one attached hydrogen (secondary N) is 1. The van der Waals surface area contributed by atoms with Gasteiger partial charge in [-0.05, 0) is 17.9 Å². The fraction of sp³-hybridized carbons (Fsp3) is 0.500. The summed E-state index contributed by atoms with van der Waals surface area (Å²) in [6.07, 6.45) is 2.21. The van der Waals surface area contributed by atoms with Gasteiger partial charge in [-0.15, -0.1) is 0 Å². The highest BCUT2D eigenvalue weighted by Gasteiger charge is 2.10. The number of halogens is 1. The molecule has 0 bridgehead atoms. The smallest absolute Gasteiger partial charge is 0.289 e. The molecule has 0 unspecified atom stereocenters. The average molecular weight is 276 g/mol. The average Bonchev–Trinajstić information content (AvgIpc) is 2.30. The van der Waals surface area contributed by atoms with Gasteiger partial charge in [-0.3, -0.25) is 10.1 Å². The standard InChI is InChI=1S/C10H14ClN3O2S/c1-2-17-5-3-4-12-10-9(11)6-8(7-13-10)14(15)16/h6-7H,2-5H2,1H3,(H,12,13). The van der Waals surface area contributed by atoms with E-state index in [0.29, 0.717) is 5.82 Å². The highest BCUT2D eigenvalue weighted by molar-refractivity contribution is 7.99. The molecule has 0 saturated heterocycles. The Kier molecular flexibility index (Phi) is 6.07. The third kappa shape index (κ3) is 4.79. The number of rotatable bonds is 7. The maximum Gasteiger partial charge on any atom is 0.289 e. The second-order valence-electron chi connectivity index (χ2n) is 3.26. The van der Waals surface area contributed by atoms with Crippen molar-refractivity contribution in [1.29, 1.82) is 0 Å². The van der Waals surface area contributed by atoms with Crippen molar-refractivity contribution >= 4 is 34.9 Å². The monoisotopic (exact) mass is 275 g/mol. The molecule has 0 fully saturated rings. The molecule has 0 aliphatic heterocycles. The van der Waals surface area contributed by atoms with E-state index < -0.39 is 4.92 Å². The summed E-state index contributed by atoms with van der Waals surface area (Å²) in [6.45, 7) is 2.88. The quantitative estimate of drug-likeness (QED) is 0.470. The van der Waals surface area contributed by atoms with Gasteiger partial charge in [-0.1, -0.05) is 18.5 Å². The van der Waals surface area contributed by atoms with Crippen molar-refractivity contribution in [3.63, 3.8) is 0 Å². The zero-order chi connectivity index (χ0) is 12.7. The van der Waals surface area contributed by atoms with Gasteiger partial charge >= 0.3 is 0 Å². The molecule has 1 aromatic heterocycles. The van der Waals surface area contributed by atoms with Gasteiger partial charge in [0.2, 0.25) is 0 Å². The molecule has 0 aromatic carbocycles. The third-order valence-corrected chi connectivity index (χ3v) is 3.27. The van der Waals surface area contributed by atoms with Gasteiger partial charge in [0.15, 0.2) is 0 Å². The Morgan fingerprint density at radius 1 is 1.65 bits per heavy atom. The highest BCUT2D eigenvalue weighted by atomic mass is 35.5. The van der Waals surface area contributed by atoms with Gasteiger partial charge in [0.1, 0.15) is 12.0 Å². The summed E-state index contributed by atoms with van der Waals surface area (Å²) < 4.78 is 0. The first kappa shape index (κ1) is 14.1. The normalized spacial score (nSPS) is 10.2. The van der Waals surface area contributed by atoms with Crippen molar-refractivity contribution in [2.75, 3.05) is 23.4 Å². The van der Waals surface area contributed by atoms with Crippen molar-refractivity contribution in [2.24, 2.45) is 0 Å². The van der Waals surface area contributed by atoms with Crippen molar-refractivity contribution in [3.05, 3.63) is 27.4 Å². The number of hydrogen-bond donors (Lipinski definition) is 1. The predicted octanol–water partition coefficient (Wildman–Crippen LogP) is 3.20. The van der Waals surface area contributed by atoms with Crippen molar-refractivity contribution in [3.8, 4) is 0 Å². The lowest BCUT2D eigenvalue weighted by Gasteiger charge is -2.06. The second kappa shape index (κ2) is 7.34. The second-order valence-corrected chi connectivity index (χ2v) is 5.06.